The number of hydrogen-bond acceptors (Lipinski definition) is 2. The SMILES string of the molecule is c1cc(NCC2CCCCC2)cc(-n2cccn2)c1. The highest BCUT2D eigenvalue weighted by atomic mass is 15.3. The average molecular weight is 255 g/mol. The summed E-state index contributed by atoms with van der Waals surface area (Å²) < 4.78 is 1.89. The lowest BCUT2D eigenvalue weighted by Crippen LogP contribution is -2.17. The van der Waals surface area contributed by atoms with Gasteiger partial charge in [-0.3, -0.25) is 0 Å². The van der Waals surface area contributed by atoms with Crippen LogP contribution in [0.15, 0.2) is 42.7 Å². The van der Waals surface area contributed by atoms with Crippen LogP contribution >= 0.6 is 0 Å². The van der Waals surface area contributed by atoms with Crippen molar-refractivity contribution in [3.05, 3.63) is 42.7 Å². The molecule has 19 heavy (non-hydrogen) atoms. The molecule has 3 rings (SSSR count). The molecule has 0 unspecified atom stereocenters. The van der Waals surface area contributed by atoms with Gasteiger partial charge in [0, 0.05) is 24.6 Å². The number of rotatable bonds is 4. The molecule has 0 aliphatic heterocycles. The predicted molar refractivity (Wildman–Crippen MR) is 78.6 cm³/mol. The summed E-state index contributed by atoms with van der Waals surface area (Å²) in [5, 5.41) is 7.84. The van der Waals surface area contributed by atoms with Gasteiger partial charge in [-0.1, -0.05) is 25.3 Å². The fourth-order valence-corrected chi connectivity index (χ4v) is 2.83. The highest BCUT2D eigenvalue weighted by Gasteiger charge is 2.12. The van der Waals surface area contributed by atoms with Crippen molar-refractivity contribution in [1.82, 2.24) is 9.78 Å². The first-order valence-electron chi connectivity index (χ1n) is 7.26. The Morgan fingerprint density at radius 3 is 2.84 bits per heavy atom. The third-order valence-electron chi connectivity index (χ3n) is 3.93. The van der Waals surface area contributed by atoms with E-state index in [0.717, 1.165) is 18.2 Å². The number of hydrogen-bond donors (Lipinski definition) is 1. The first-order valence-corrected chi connectivity index (χ1v) is 7.26. The first-order chi connectivity index (χ1) is 9.42. The summed E-state index contributed by atoms with van der Waals surface area (Å²) in [7, 11) is 0. The second-order valence-electron chi connectivity index (χ2n) is 5.39. The Morgan fingerprint density at radius 2 is 2.05 bits per heavy atom. The van der Waals surface area contributed by atoms with Gasteiger partial charge in [-0.25, -0.2) is 4.68 Å². The number of benzene rings is 1. The summed E-state index contributed by atoms with van der Waals surface area (Å²) in [5.74, 6) is 0.849. The van der Waals surface area contributed by atoms with Crippen LogP contribution in [0.1, 0.15) is 32.1 Å². The molecule has 1 aromatic carbocycles. The lowest BCUT2D eigenvalue weighted by atomic mass is 9.89. The van der Waals surface area contributed by atoms with Crippen LogP contribution in [0.5, 0.6) is 0 Å². The molecule has 1 N–H and O–H groups in total. The fourth-order valence-electron chi connectivity index (χ4n) is 2.83. The highest BCUT2D eigenvalue weighted by molar-refractivity contribution is 5.50. The zero-order chi connectivity index (χ0) is 12.9. The van der Waals surface area contributed by atoms with Crippen molar-refractivity contribution in [2.24, 2.45) is 5.92 Å². The Balaban J connectivity index is 1.63. The standard InChI is InChI=1S/C16H21N3/c1-2-6-14(7-3-1)13-17-15-8-4-9-16(12-15)19-11-5-10-18-19/h4-5,8-12,14,17H,1-3,6-7,13H2. The van der Waals surface area contributed by atoms with Crippen LogP contribution in [-0.2, 0) is 0 Å². The van der Waals surface area contributed by atoms with Gasteiger partial charge in [0.1, 0.15) is 0 Å². The summed E-state index contributed by atoms with van der Waals surface area (Å²) in [6, 6.07) is 10.4. The van der Waals surface area contributed by atoms with Crippen molar-refractivity contribution in [3.63, 3.8) is 0 Å². The second-order valence-corrected chi connectivity index (χ2v) is 5.39. The molecule has 0 atom stereocenters. The molecular weight excluding hydrogens is 234 g/mol. The van der Waals surface area contributed by atoms with Gasteiger partial charge in [-0.05, 0) is 43.0 Å². The quantitative estimate of drug-likeness (QED) is 0.899. The maximum atomic E-state index is 4.27. The molecule has 0 bridgehead atoms. The normalized spacial score (nSPS) is 16.4. The van der Waals surface area contributed by atoms with E-state index in [1.807, 2.05) is 23.1 Å². The van der Waals surface area contributed by atoms with Gasteiger partial charge in [-0.2, -0.15) is 5.10 Å². The zero-order valence-corrected chi connectivity index (χ0v) is 11.3. The molecular formula is C16H21N3. The second kappa shape index (κ2) is 5.91. The van der Waals surface area contributed by atoms with Gasteiger partial charge in [-0.15, -0.1) is 0 Å². The van der Waals surface area contributed by atoms with E-state index < -0.39 is 0 Å². The van der Waals surface area contributed by atoms with E-state index in [1.165, 1.54) is 37.8 Å². The number of nitrogens with one attached hydrogen (secondary N) is 1. The Bertz CT molecular complexity index is 498. The van der Waals surface area contributed by atoms with Crippen LogP contribution in [0.2, 0.25) is 0 Å². The van der Waals surface area contributed by atoms with E-state index in [0.29, 0.717) is 0 Å². The predicted octanol–water partition coefficient (Wildman–Crippen LogP) is 3.86. The Labute approximate surface area is 114 Å². The Kier molecular flexibility index (Phi) is 3.82. The Hall–Kier alpha value is -1.77. The van der Waals surface area contributed by atoms with Gasteiger partial charge in [0.15, 0.2) is 0 Å². The topological polar surface area (TPSA) is 29.9 Å². The molecule has 2 aromatic rings. The molecule has 0 radical (unpaired) electrons. The molecule has 1 saturated carbocycles. The minimum atomic E-state index is 0.849. The lowest BCUT2D eigenvalue weighted by molar-refractivity contribution is 0.373. The van der Waals surface area contributed by atoms with Gasteiger partial charge < -0.3 is 5.32 Å². The zero-order valence-electron chi connectivity index (χ0n) is 11.3. The minimum absolute atomic E-state index is 0.849. The van der Waals surface area contributed by atoms with Crippen LogP contribution in [0.3, 0.4) is 0 Å². The third-order valence-corrected chi connectivity index (χ3v) is 3.93. The van der Waals surface area contributed by atoms with E-state index in [1.54, 1.807) is 0 Å². The van der Waals surface area contributed by atoms with Crippen LogP contribution in [0.4, 0.5) is 5.69 Å². The van der Waals surface area contributed by atoms with Crippen LogP contribution < -0.4 is 5.32 Å². The van der Waals surface area contributed by atoms with E-state index in [2.05, 4.69) is 34.7 Å². The number of nitrogens with zero attached hydrogens (tertiary/aromatic N) is 2. The molecule has 1 aliphatic rings. The average Bonchev–Trinajstić information content (AvgIpc) is 3.01. The molecule has 100 valence electrons. The van der Waals surface area contributed by atoms with E-state index in [9.17, 15) is 0 Å². The maximum absolute atomic E-state index is 4.27. The molecule has 1 fully saturated rings. The summed E-state index contributed by atoms with van der Waals surface area (Å²) in [4.78, 5) is 0. The van der Waals surface area contributed by atoms with Crippen LogP contribution in [0.25, 0.3) is 5.69 Å². The largest absolute Gasteiger partial charge is 0.385 e. The summed E-state index contributed by atoms with van der Waals surface area (Å²) >= 11 is 0. The summed E-state index contributed by atoms with van der Waals surface area (Å²) in [6.07, 6.45) is 10.8. The molecule has 0 amide bonds. The number of aromatic nitrogens is 2. The molecule has 1 aliphatic carbocycles. The van der Waals surface area contributed by atoms with Crippen molar-refractivity contribution in [2.75, 3.05) is 11.9 Å². The van der Waals surface area contributed by atoms with Crippen molar-refractivity contribution in [3.8, 4) is 5.69 Å². The van der Waals surface area contributed by atoms with Crippen molar-refractivity contribution >= 4 is 5.69 Å². The first kappa shape index (κ1) is 12.3. The Morgan fingerprint density at radius 1 is 1.16 bits per heavy atom. The third kappa shape index (κ3) is 3.16. The smallest absolute Gasteiger partial charge is 0.0666 e. The molecule has 3 nitrogen and oxygen atoms in total. The molecule has 1 aromatic heterocycles. The van der Waals surface area contributed by atoms with E-state index >= 15 is 0 Å². The van der Waals surface area contributed by atoms with E-state index in [4.69, 9.17) is 0 Å². The van der Waals surface area contributed by atoms with Crippen molar-refractivity contribution in [2.45, 2.75) is 32.1 Å². The van der Waals surface area contributed by atoms with Gasteiger partial charge in [0.25, 0.3) is 0 Å². The van der Waals surface area contributed by atoms with Gasteiger partial charge in [0.2, 0.25) is 0 Å². The van der Waals surface area contributed by atoms with Crippen LogP contribution in [-0.4, -0.2) is 16.3 Å². The summed E-state index contributed by atoms with van der Waals surface area (Å²) in [5.41, 5.74) is 2.30. The van der Waals surface area contributed by atoms with Gasteiger partial charge in [0.05, 0.1) is 5.69 Å². The van der Waals surface area contributed by atoms with Crippen molar-refractivity contribution < 1.29 is 0 Å². The fraction of sp³-hybridized carbons (Fsp3) is 0.438. The monoisotopic (exact) mass is 255 g/mol. The minimum Gasteiger partial charge on any atom is -0.385 e. The highest BCUT2D eigenvalue weighted by Crippen LogP contribution is 2.24. The summed E-state index contributed by atoms with van der Waals surface area (Å²) in [6.45, 7) is 1.10. The van der Waals surface area contributed by atoms with E-state index in [-0.39, 0.29) is 0 Å². The molecule has 0 spiro atoms. The van der Waals surface area contributed by atoms with Crippen LogP contribution in [0, 0.1) is 5.92 Å². The lowest BCUT2D eigenvalue weighted by Gasteiger charge is -2.22. The molecule has 0 saturated heterocycles. The maximum Gasteiger partial charge on any atom is 0.0666 e. The van der Waals surface area contributed by atoms with Crippen molar-refractivity contribution in [1.29, 1.82) is 0 Å². The number of anilines is 1. The molecule has 3 heteroatoms. The van der Waals surface area contributed by atoms with Gasteiger partial charge >= 0.3 is 0 Å². The molecule has 1 heterocycles.